The number of anilines is 1. The van der Waals surface area contributed by atoms with E-state index >= 15 is 0 Å². The molecule has 0 saturated carbocycles. The molecule has 1 saturated heterocycles. The number of aromatic nitrogens is 1. The minimum Gasteiger partial charge on any atom is -0.368 e. The van der Waals surface area contributed by atoms with Crippen LogP contribution in [0.3, 0.4) is 0 Å². The zero-order valence-corrected chi connectivity index (χ0v) is 17.7. The second-order valence-corrected chi connectivity index (χ2v) is 8.24. The molecule has 2 aromatic rings. The highest BCUT2D eigenvalue weighted by Crippen LogP contribution is 2.19. The second kappa shape index (κ2) is 9.75. The average molecular weight is 421 g/mol. The molecular weight excluding hydrogens is 396 g/mol. The van der Waals surface area contributed by atoms with E-state index in [1.54, 1.807) is 18.4 Å². The van der Waals surface area contributed by atoms with E-state index in [0.29, 0.717) is 25.6 Å². The van der Waals surface area contributed by atoms with E-state index in [0.717, 1.165) is 28.8 Å². The molecule has 1 fully saturated rings. The van der Waals surface area contributed by atoms with Crippen LogP contribution in [0.4, 0.5) is 5.69 Å². The van der Waals surface area contributed by atoms with Crippen molar-refractivity contribution in [3.05, 3.63) is 45.4 Å². The molecule has 3 rings (SSSR count). The molecule has 2 N–H and O–H groups in total. The molecule has 9 heteroatoms. The molecule has 0 atom stereocenters. The number of carbonyl (C=O) groups excluding carboxylic acids is 1. The number of thiazole rings is 1. The van der Waals surface area contributed by atoms with Crippen molar-refractivity contribution < 1.29 is 4.79 Å². The lowest BCUT2D eigenvalue weighted by atomic mass is 10.2. The summed E-state index contributed by atoms with van der Waals surface area (Å²) < 4.78 is 0. The van der Waals surface area contributed by atoms with Crippen molar-refractivity contribution in [2.24, 2.45) is 4.99 Å². The maximum absolute atomic E-state index is 12.5. The molecule has 1 aromatic carbocycles. The van der Waals surface area contributed by atoms with Crippen molar-refractivity contribution >= 4 is 40.5 Å². The van der Waals surface area contributed by atoms with Gasteiger partial charge in [-0.3, -0.25) is 9.79 Å². The highest BCUT2D eigenvalue weighted by atomic mass is 35.5. The van der Waals surface area contributed by atoms with Gasteiger partial charge in [0.05, 0.1) is 13.1 Å². The van der Waals surface area contributed by atoms with Crippen LogP contribution in [-0.2, 0) is 11.3 Å². The van der Waals surface area contributed by atoms with E-state index in [9.17, 15) is 4.79 Å². The second-order valence-electron chi connectivity index (χ2n) is 6.49. The number of halogens is 1. The Hall–Kier alpha value is -2.32. The van der Waals surface area contributed by atoms with E-state index < -0.39 is 0 Å². The van der Waals surface area contributed by atoms with Gasteiger partial charge in [-0.25, -0.2) is 4.98 Å². The standard InChI is InChI=1S/C19H25ClN6OS/c1-14-11-22-17(28-14)12-23-19(21-2)24-13-18(27)26-9-7-25(8-10-26)16-5-3-15(20)4-6-16/h3-6,11H,7-10,12-13H2,1-2H3,(H2,21,23,24). The quantitative estimate of drug-likeness (QED) is 0.572. The van der Waals surface area contributed by atoms with Crippen molar-refractivity contribution in [2.75, 3.05) is 44.7 Å². The van der Waals surface area contributed by atoms with Gasteiger partial charge in [-0.15, -0.1) is 11.3 Å². The summed E-state index contributed by atoms with van der Waals surface area (Å²) in [5, 5.41) is 8.00. The molecule has 1 aliphatic heterocycles. The number of nitrogens with zero attached hydrogens (tertiary/aromatic N) is 4. The average Bonchev–Trinajstić information content (AvgIpc) is 3.14. The molecule has 0 unspecified atom stereocenters. The molecule has 1 aromatic heterocycles. The largest absolute Gasteiger partial charge is 0.368 e. The first-order chi connectivity index (χ1) is 13.5. The van der Waals surface area contributed by atoms with E-state index in [-0.39, 0.29) is 12.5 Å². The van der Waals surface area contributed by atoms with E-state index in [1.165, 1.54) is 4.88 Å². The predicted molar refractivity (Wildman–Crippen MR) is 115 cm³/mol. The summed E-state index contributed by atoms with van der Waals surface area (Å²) in [6.45, 7) is 5.86. The summed E-state index contributed by atoms with van der Waals surface area (Å²) in [4.78, 5) is 26.3. The van der Waals surface area contributed by atoms with Crippen molar-refractivity contribution in [2.45, 2.75) is 13.5 Å². The fraction of sp³-hybridized carbons (Fsp3) is 0.421. The molecule has 1 amide bonds. The van der Waals surface area contributed by atoms with Gasteiger partial charge in [0.1, 0.15) is 5.01 Å². The Labute approximate surface area is 174 Å². The zero-order valence-electron chi connectivity index (χ0n) is 16.1. The molecule has 0 spiro atoms. The number of nitrogens with one attached hydrogen (secondary N) is 2. The number of hydrogen-bond acceptors (Lipinski definition) is 5. The number of hydrogen-bond donors (Lipinski definition) is 2. The number of benzene rings is 1. The van der Waals surface area contributed by atoms with Crippen LogP contribution in [0, 0.1) is 6.92 Å². The lowest BCUT2D eigenvalue weighted by Crippen LogP contribution is -2.52. The van der Waals surface area contributed by atoms with Gasteiger partial charge < -0.3 is 20.4 Å². The number of amides is 1. The molecule has 0 bridgehead atoms. The van der Waals surface area contributed by atoms with Crippen LogP contribution in [0.15, 0.2) is 35.5 Å². The van der Waals surface area contributed by atoms with Crippen molar-refractivity contribution in [1.29, 1.82) is 0 Å². The molecule has 150 valence electrons. The summed E-state index contributed by atoms with van der Waals surface area (Å²) in [7, 11) is 1.69. The summed E-state index contributed by atoms with van der Waals surface area (Å²) >= 11 is 7.59. The topological polar surface area (TPSA) is 72.9 Å². The highest BCUT2D eigenvalue weighted by molar-refractivity contribution is 7.11. The van der Waals surface area contributed by atoms with Crippen LogP contribution in [0.2, 0.25) is 5.02 Å². The lowest BCUT2D eigenvalue weighted by molar-refractivity contribution is -0.130. The Morgan fingerprint density at radius 3 is 2.54 bits per heavy atom. The molecule has 0 radical (unpaired) electrons. The van der Waals surface area contributed by atoms with E-state index in [2.05, 4.69) is 25.5 Å². The Balaban J connectivity index is 1.41. The number of aryl methyl sites for hydroxylation is 1. The van der Waals surface area contributed by atoms with E-state index in [4.69, 9.17) is 11.6 Å². The van der Waals surface area contributed by atoms with Gasteiger partial charge in [0.2, 0.25) is 5.91 Å². The fourth-order valence-electron chi connectivity index (χ4n) is 3.00. The van der Waals surface area contributed by atoms with Crippen LogP contribution in [0.5, 0.6) is 0 Å². The summed E-state index contributed by atoms with van der Waals surface area (Å²) in [6, 6.07) is 7.82. The van der Waals surface area contributed by atoms with Crippen LogP contribution in [-0.4, -0.2) is 61.5 Å². The number of aliphatic imine (C=N–C) groups is 1. The Kier molecular flexibility index (Phi) is 7.11. The van der Waals surface area contributed by atoms with Crippen LogP contribution >= 0.6 is 22.9 Å². The van der Waals surface area contributed by atoms with Gasteiger partial charge in [-0.2, -0.15) is 0 Å². The van der Waals surface area contributed by atoms with Crippen LogP contribution in [0.25, 0.3) is 0 Å². The van der Waals surface area contributed by atoms with Gasteiger partial charge in [0.25, 0.3) is 0 Å². The first kappa shape index (κ1) is 20.4. The molecule has 2 heterocycles. The van der Waals surface area contributed by atoms with E-state index in [1.807, 2.05) is 42.3 Å². The molecule has 0 aliphatic carbocycles. The lowest BCUT2D eigenvalue weighted by Gasteiger charge is -2.36. The zero-order chi connectivity index (χ0) is 19.9. The van der Waals surface area contributed by atoms with Crippen molar-refractivity contribution in [1.82, 2.24) is 20.5 Å². The Bertz CT molecular complexity index is 814. The number of guanidine groups is 1. The first-order valence-electron chi connectivity index (χ1n) is 9.19. The van der Waals surface area contributed by atoms with Gasteiger partial charge in [0, 0.05) is 55.0 Å². The minimum absolute atomic E-state index is 0.0730. The van der Waals surface area contributed by atoms with Crippen LogP contribution < -0.4 is 15.5 Å². The normalized spacial score (nSPS) is 14.9. The van der Waals surface area contributed by atoms with Gasteiger partial charge in [0.15, 0.2) is 5.96 Å². The maximum Gasteiger partial charge on any atom is 0.242 e. The third kappa shape index (κ3) is 5.59. The third-order valence-electron chi connectivity index (χ3n) is 4.53. The summed E-state index contributed by atoms with van der Waals surface area (Å²) in [5.74, 6) is 0.671. The SMILES string of the molecule is CN=C(NCC(=O)N1CCN(c2ccc(Cl)cc2)CC1)NCc1ncc(C)s1. The molecule has 28 heavy (non-hydrogen) atoms. The van der Waals surface area contributed by atoms with Crippen molar-refractivity contribution in [3.63, 3.8) is 0 Å². The first-order valence-corrected chi connectivity index (χ1v) is 10.4. The Morgan fingerprint density at radius 2 is 1.93 bits per heavy atom. The number of carbonyl (C=O) groups is 1. The third-order valence-corrected chi connectivity index (χ3v) is 5.70. The maximum atomic E-state index is 12.5. The molecular formula is C19H25ClN6OS. The molecule has 1 aliphatic rings. The highest BCUT2D eigenvalue weighted by Gasteiger charge is 2.21. The van der Waals surface area contributed by atoms with Crippen LogP contribution in [0.1, 0.15) is 9.88 Å². The predicted octanol–water partition coefficient (Wildman–Crippen LogP) is 2.12. The van der Waals surface area contributed by atoms with Gasteiger partial charge >= 0.3 is 0 Å². The Morgan fingerprint density at radius 1 is 1.21 bits per heavy atom. The summed E-state index contributed by atoms with van der Waals surface area (Å²) in [6.07, 6.45) is 1.85. The van der Waals surface area contributed by atoms with Gasteiger partial charge in [-0.1, -0.05) is 11.6 Å². The van der Waals surface area contributed by atoms with Crippen molar-refractivity contribution in [3.8, 4) is 0 Å². The molecule has 7 nitrogen and oxygen atoms in total. The van der Waals surface area contributed by atoms with Gasteiger partial charge in [-0.05, 0) is 31.2 Å². The minimum atomic E-state index is 0.0730. The monoisotopic (exact) mass is 420 g/mol. The smallest absolute Gasteiger partial charge is 0.242 e. The summed E-state index contributed by atoms with van der Waals surface area (Å²) in [5.41, 5.74) is 1.14. The number of rotatable bonds is 5. The number of piperazine rings is 1. The fourth-order valence-corrected chi connectivity index (χ4v) is 3.85.